The molecular formula is C21H18BrN5O2S. The molecule has 2 aliphatic heterocycles. The molecule has 3 aromatic rings. The number of unbranched alkanes of at least 4 members (excludes halogenated alkanes) is 1. The summed E-state index contributed by atoms with van der Waals surface area (Å²) in [4.78, 5) is 17.8. The number of amides is 1. The normalized spacial score (nSPS) is 18.5. The van der Waals surface area contributed by atoms with Crippen LogP contribution < -0.4 is 15.4 Å². The number of nitrogens with zero attached hydrogens (tertiary/aromatic N) is 3. The van der Waals surface area contributed by atoms with Gasteiger partial charge < -0.3 is 15.4 Å². The Balaban J connectivity index is 1.67. The number of thioether (sulfide) groups is 1. The number of para-hydroxylation sites is 1. The number of nitrogens with one attached hydrogen (secondary N) is 2. The van der Waals surface area contributed by atoms with Crippen LogP contribution in [0.15, 0.2) is 52.1 Å². The van der Waals surface area contributed by atoms with E-state index in [1.165, 1.54) is 11.8 Å². The number of carbonyl (C=O) groups is 1. The number of aromatic nitrogens is 3. The Hall–Kier alpha value is -2.65. The van der Waals surface area contributed by atoms with E-state index in [1.54, 1.807) is 0 Å². The molecule has 5 rings (SSSR count). The van der Waals surface area contributed by atoms with Crippen LogP contribution in [-0.4, -0.2) is 26.8 Å². The standard InChI is InChI=1S/C21H18BrN5O2S/c1-2-3-10-30-20-24-18-17(26-27-20)13-6-4-5-7-15(13)25-21(29-18)14-11-12(22)8-9-16(14)23-19(21)28/h4-9,11,25H,2-3,10H2,1H3,(H,23,28)/t21-/m1/s1. The van der Waals surface area contributed by atoms with Crippen molar-refractivity contribution in [1.29, 1.82) is 0 Å². The van der Waals surface area contributed by atoms with E-state index in [2.05, 4.69) is 48.7 Å². The van der Waals surface area contributed by atoms with Gasteiger partial charge in [0.05, 0.1) is 11.3 Å². The fourth-order valence-corrected chi connectivity index (χ4v) is 4.76. The molecule has 3 heterocycles. The lowest BCUT2D eigenvalue weighted by atomic mass is 10.0. The number of benzene rings is 2. The van der Waals surface area contributed by atoms with Crippen molar-refractivity contribution in [2.75, 3.05) is 16.4 Å². The molecule has 0 aliphatic carbocycles. The molecule has 9 heteroatoms. The number of rotatable bonds is 4. The molecule has 0 fully saturated rings. The third-order valence-corrected chi connectivity index (χ3v) is 6.45. The Morgan fingerprint density at radius 3 is 2.90 bits per heavy atom. The van der Waals surface area contributed by atoms with E-state index < -0.39 is 5.72 Å². The van der Waals surface area contributed by atoms with Crippen LogP contribution in [0, 0.1) is 0 Å². The van der Waals surface area contributed by atoms with Crippen molar-refractivity contribution in [2.24, 2.45) is 0 Å². The van der Waals surface area contributed by atoms with Crippen molar-refractivity contribution >= 4 is 45.0 Å². The van der Waals surface area contributed by atoms with E-state index in [0.29, 0.717) is 22.1 Å². The monoisotopic (exact) mass is 483 g/mol. The van der Waals surface area contributed by atoms with Gasteiger partial charge in [0, 0.05) is 21.5 Å². The Morgan fingerprint density at radius 2 is 2.03 bits per heavy atom. The van der Waals surface area contributed by atoms with Gasteiger partial charge in [-0.05, 0) is 30.7 Å². The minimum atomic E-state index is -1.46. The van der Waals surface area contributed by atoms with E-state index in [4.69, 9.17) is 4.74 Å². The van der Waals surface area contributed by atoms with Gasteiger partial charge in [-0.25, -0.2) is 0 Å². The maximum atomic E-state index is 13.2. The molecular weight excluding hydrogens is 466 g/mol. The molecule has 7 nitrogen and oxygen atoms in total. The average molecular weight is 484 g/mol. The molecule has 1 amide bonds. The Morgan fingerprint density at radius 1 is 1.17 bits per heavy atom. The predicted octanol–water partition coefficient (Wildman–Crippen LogP) is 4.80. The van der Waals surface area contributed by atoms with E-state index in [9.17, 15) is 4.79 Å². The number of carbonyl (C=O) groups excluding carboxylic acids is 1. The molecule has 0 bridgehead atoms. The summed E-state index contributed by atoms with van der Waals surface area (Å²) in [7, 11) is 0. The van der Waals surface area contributed by atoms with Crippen LogP contribution in [0.25, 0.3) is 11.3 Å². The van der Waals surface area contributed by atoms with E-state index in [-0.39, 0.29) is 11.8 Å². The van der Waals surface area contributed by atoms with Gasteiger partial charge in [-0.3, -0.25) is 4.79 Å². The van der Waals surface area contributed by atoms with Crippen molar-refractivity contribution < 1.29 is 9.53 Å². The molecule has 1 spiro atoms. The first-order chi connectivity index (χ1) is 14.6. The van der Waals surface area contributed by atoms with Crippen molar-refractivity contribution in [3.05, 3.63) is 52.5 Å². The molecule has 1 atom stereocenters. The summed E-state index contributed by atoms with van der Waals surface area (Å²) in [6.45, 7) is 2.14. The second kappa shape index (κ2) is 7.55. The highest BCUT2D eigenvalue weighted by Gasteiger charge is 2.52. The van der Waals surface area contributed by atoms with Crippen LogP contribution in [0.4, 0.5) is 11.4 Å². The highest BCUT2D eigenvalue weighted by molar-refractivity contribution is 9.10. The third-order valence-electron chi connectivity index (χ3n) is 5.04. The molecule has 30 heavy (non-hydrogen) atoms. The van der Waals surface area contributed by atoms with Crippen LogP contribution in [0.1, 0.15) is 25.3 Å². The van der Waals surface area contributed by atoms with Crippen LogP contribution in [0.3, 0.4) is 0 Å². The van der Waals surface area contributed by atoms with Crippen molar-refractivity contribution in [3.8, 4) is 17.1 Å². The quantitative estimate of drug-likeness (QED) is 0.406. The largest absolute Gasteiger partial charge is 0.435 e. The smallest absolute Gasteiger partial charge is 0.295 e. The minimum absolute atomic E-state index is 0.282. The average Bonchev–Trinajstić information content (AvgIpc) is 2.91. The lowest BCUT2D eigenvalue weighted by Crippen LogP contribution is -2.47. The summed E-state index contributed by atoms with van der Waals surface area (Å²) in [5, 5.41) is 15.5. The number of fused-ring (bicyclic) bond motifs is 5. The van der Waals surface area contributed by atoms with Gasteiger partial charge in [0.25, 0.3) is 11.6 Å². The zero-order valence-corrected chi connectivity index (χ0v) is 18.5. The highest BCUT2D eigenvalue weighted by Crippen LogP contribution is 2.47. The molecule has 0 saturated carbocycles. The van der Waals surface area contributed by atoms with Gasteiger partial charge in [-0.2, -0.15) is 4.98 Å². The molecule has 2 N–H and O–H groups in total. The van der Waals surface area contributed by atoms with Crippen LogP contribution in [0.2, 0.25) is 0 Å². The maximum Gasteiger partial charge on any atom is 0.295 e. The van der Waals surface area contributed by atoms with Crippen LogP contribution in [0.5, 0.6) is 5.88 Å². The summed E-state index contributed by atoms with van der Waals surface area (Å²) < 4.78 is 7.20. The molecule has 2 aliphatic rings. The zero-order valence-electron chi connectivity index (χ0n) is 16.1. The molecule has 1 aromatic heterocycles. The van der Waals surface area contributed by atoms with E-state index >= 15 is 0 Å². The predicted molar refractivity (Wildman–Crippen MR) is 120 cm³/mol. The first kappa shape index (κ1) is 19.3. The first-order valence-electron chi connectivity index (χ1n) is 9.66. The fourth-order valence-electron chi connectivity index (χ4n) is 3.54. The Kier molecular flexibility index (Phi) is 4.86. The number of ether oxygens (including phenoxy) is 1. The topological polar surface area (TPSA) is 89.0 Å². The molecule has 0 unspecified atom stereocenters. The fraction of sp³-hybridized carbons (Fsp3) is 0.238. The summed E-state index contributed by atoms with van der Waals surface area (Å²) in [5.74, 6) is 0.870. The van der Waals surface area contributed by atoms with Crippen molar-refractivity contribution in [2.45, 2.75) is 30.6 Å². The van der Waals surface area contributed by atoms with Crippen LogP contribution in [-0.2, 0) is 10.5 Å². The Bertz CT molecular complexity index is 1160. The third kappa shape index (κ3) is 3.13. The van der Waals surface area contributed by atoms with Crippen LogP contribution >= 0.6 is 27.7 Å². The van der Waals surface area contributed by atoms with Gasteiger partial charge in [0.15, 0.2) is 5.69 Å². The van der Waals surface area contributed by atoms with Gasteiger partial charge in [-0.15, -0.1) is 10.2 Å². The number of hydrogen-bond acceptors (Lipinski definition) is 7. The maximum absolute atomic E-state index is 13.2. The van der Waals surface area contributed by atoms with E-state index in [0.717, 1.165) is 34.3 Å². The van der Waals surface area contributed by atoms with Crippen molar-refractivity contribution in [3.63, 3.8) is 0 Å². The number of anilines is 2. The number of halogens is 1. The van der Waals surface area contributed by atoms with Gasteiger partial charge in [0.1, 0.15) is 0 Å². The molecule has 0 saturated heterocycles. The van der Waals surface area contributed by atoms with Gasteiger partial charge >= 0.3 is 0 Å². The lowest BCUT2D eigenvalue weighted by Gasteiger charge is -2.28. The second-order valence-electron chi connectivity index (χ2n) is 7.05. The lowest BCUT2D eigenvalue weighted by molar-refractivity contribution is -0.128. The molecule has 2 aromatic carbocycles. The summed E-state index contributed by atoms with van der Waals surface area (Å²) in [6, 6.07) is 13.2. The highest BCUT2D eigenvalue weighted by atomic mass is 79.9. The summed E-state index contributed by atoms with van der Waals surface area (Å²) >= 11 is 5.03. The van der Waals surface area contributed by atoms with Crippen molar-refractivity contribution in [1.82, 2.24) is 15.2 Å². The first-order valence-corrected chi connectivity index (χ1v) is 11.4. The van der Waals surface area contributed by atoms with E-state index in [1.807, 2.05) is 42.5 Å². The molecule has 152 valence electrons. The van der Waals surface area contributed by atoms with Gasteiger partial charge in [0.2, 0.25) is 11.0 Å². The summed E-state index contributed by atoms with van der Waals surface area (Å²) in [5.41, 5.74) is 1.93. The number of hydrogen-bond donors (Lipinski definition) is 2. The zero-order chi connectivity index (χ0) is 20.7. The second-order valence-corrected chi connectivity index (χ2v) is 9.03. The summed E-state index contributed by atoms with van der Waals surface area (Å²) in [6.07, 6.45) is 2.15. The Labute approximate surface area is 186 Å². The minimum Gasteiger partial charge on any atom is -0.435 e. The van der Waals surface area contributed by atoms with Gasteiger partial charge in [-0.1, -0.05) is 59.2 Å². The SMILES string of the molecule is CCCCSc1nnc2c(n1)O[C@@]1(Nc3ccccc3-2)C(=O)Nc2ccc(Br)cc21. The molecule has 0 radical (unpaired) electrons.